The van der Waals surface area contributed by atoms with Gasteiger partial charge in [0.15, 0.2) is 0 Å². The zero-order valence-corrected chi connectivity index (χ0v) is 12.1. The lowest BCUT2D eigenvalue weighted by atomic mass is 10.4. The summed E-state index contributed by atoms with van der Waals surface area (Å²) in [6, 6.07) is 1.39. The van der Waals surface area contributed by atoms with E-state index in [1.807, 2.05) is 0 Å². The molecule has 118 valence electrons. The molecule has 0 radical (unpaired) electrons. The number of carbonyl (C=O) groups is 1. The fourth-order valence-electron chi connectivity index (χ4n) is 1.60. The predicted octanol–water partition coefficient (Wildman–Crippen LogP) is 1.50. The lowest BCUT2D eigenvalue weighted by Gasteiger charge is -2.22. The summed E-state index contributed by atoms with van der Waals surface area (Å²) in [5.41, 5.74) is 0. The first kappa shape index (κ1) is 17.0. The highest BCUT2D eigenvalue weighted by Crippen LogP contribution is 2.29. The SMILES string of the molecule is CCNc1cc(N(CC)CC(=O)NC)nc(C(F)(F)F)n1. The van der Waals surface area contributed by atoms with Crippen LogP contribution in [0.5, 0.6) is 0 Å². The van der Waals surface area contributed by atoms with E-state index in [2.05, 4.69) is 20.6 Å². The fourth-order valence-corrected chi connectivity index (χ4v) is 1.60. The number of halogens is 3. The van der Waals surface area contributed by atoms with Crippen molar-refractivity contribution in [1.82, 2.24) is 15.3 Å². The minimum absolute atomic E-state index is 0.0550. The van der Waals surface area contributed by atoms with Crippen molar-refractivity contribution in [3.63, 3.8) is 0 Å². The molecule has 0 atom stereocenters. The first-order valence-corrected chi connectivity index (χ1v) is 6.47. The lowest BCUT2D eigenvalue weighted by molar-refractivity contribution is -0.144. The minimum Gasteiger partial charge on any atom is -0.370 e. The van der Waals surface area contributed by atoms with Crippen molar-refractivity contribution in [2.24, 2.45) is 0 Å². The number of likely N-dealkylation sites (N-methyl/N-ethyl adjacent to an activating group) is 2. The van der Waals surface area contributed by atoms with Crippen LogP contribution in [-0.2, 0) is 11.0 Å². The van der Waals surface area contributed by atoms with Gasteiger partial charge < -0.3 is 15.5 Å². The van der Waals surface area contributed by atoms with E-state index < -0.39 is 12.0 Å². The molecule has 0 aliphatic heterocycles. The van der Waals surface area contributed by atoms with E-state index in [1.54, 1.807) is 13.8 Å². The molecule has 0 aliphatic carbocycles. The van der Waals surface area contributed by atoms with Crippen LogP contribution in [0.15, 0.2) is 6.07 Å². The maximum absolute atomic E-state index is 12.8. The van der Waals surface area contributed by atoms with Gasteiger partial charge in [-0.15, -0.1) is 0 Å². The molecule has 0 saturated heterocycles. The number of nitrogens with one attached hydrogen (secondary N) is 2. The minimum atomic E-state index is -4.65. The van der Waals surface area contributed by atoms with Crippen LogP contribution in [0.1, 0.15) is 19.7 Å². The molecule has 6 nitrogen and oxygen atoms in total. The van der Waals surface area contributed by atoms with E-state index >= 15 is 0 Å². The van der Waals surface area contributed by atoms with Gasteiger partial charge in [-0.05, 0) is 13.8 Å². The molecule has 0 unspecified atom stereocenters. The number of hydrogen-bond acceptors (Lipinski definition) is 5. The number of carbonyl (C=O) groups excluding carboxylic acids is 1. The maximum atomic E-state index is 12.8. The first-order valence-electron chi connectivity index (χ1n) is 6.47. The average molecular weight is 305 g/mol. The fraction of sp³-hybridized carbons (Fsp3) is 0.583. The molecule has 1 aromatic heterocycles. The number of anilines is 2. The number of aromatic nitrogens is 2. The molecule has 1 aromatic rings. The van der Waals surface area contributed by atoms with Crippen LogP contribution in [0.2, 0.25) is 0 Å². The molecule has 0 aromatic carbocycles. The summed E-state index contributed by atoms with van der Waals surface area (Å²) in [6.07, 6.45) is -4.65. The normalized spacial score (nSPS) is 11.1. The van der Waals surface area contributed by atoms with Crippen LogP contribution in [0.4, 0.5) is 24.8 Å². The Morgan fingerprint density at radius 2 is 2.00 bits per heavy atom. The number of rotatable bonds is 6. The van der Waals surface area contributed by atoms with Gasteiger partial charge in [0.2, 0.25) is 11.7 Å². The van der Waals surface area contributed by atoms with Crippen LogP contribution in [-0.4, -0.2) is 42.6 Å². The maximum Gasteiger partial charge on any atom is 0.451 e. The van der Waals surface area contributed by atoms with Gasteiger partial charge in [-0.25, -0.2) is 9.97 Å². The summed E-state index contributed by atoms with van der Waals surface area (Å²) < 4.78 is 38.5. The Balaban J connectivity index is 3.19. The molecule has 1 heterocycles. The number of amides is 1. The van der Waals surface area contributed by atoms with Crippen LogP contribution >= 0.6 is 0 Å². The zero-order valence-electron chi connectivity index (χ0n) is 12.1. The van der Waals surface area contributed by atoms with Crippen molar-refractivity contribution in [1.29, 1.82) is 0 Å². The van der Waals surface area contributed by atoms with Gasteiger partial charge in [0, 0.05) is 26.2 Å². The molecule has 1 amide bonds. The summed E-state index contributed by atoms with van der Waals surface area (Å²) in [5.74, 6) is -1.41. The Hall–Kier alpha value is -2.06. The van der Waals surface area contributed by atoms with Crippen LogP contribution in [0.25, 0.3) is 0 Å². The van der Waals surface area contributed by atoms with E-state index in [0.717, 1.165) is 0 Å². The van der Waals surface area contributed by atoms with Gasteiger partial charge in [-0.2, -0.15) is 13.2 Å². The summed E-state index contributed by atoms with van der Waals surface area (Å²) in [6.45, 7) is 4.16. The third-order valence-electron chi connectivity index (χ3n) is 2.64. The van der Waals surface area contributed by atoms with E-state index in [9.17, 15) is 18.0 Å². The van der Waals surface area contributed by atoms with Gasteiger partial charge in [-0.1, -0.05) is 0 Å². The Morgan fingerprint density at radius 1 is 1.33 bits per heavy atom. The van der Waals surface area contributed by atoms with Crippen molar-refractivity contribution in [3.05, 3.63) is 11.9 Å². The van der Waals surface area contributed by atoms with Crippen molar-refractivity contribution >= 4 is 17.5 Å². The van der Waals surface area contributed by atoms with Gasteiger partial charge in [0.05, 0.1) is 6.54 Å². The predicted molar refractivity (Wildman–Crippen MR) is 73.2 cm³/mol. The standard InChI is InChI=1S/C12H18F3N5O/c1-4-17-8-6-9(19-11(18-8)12(13,14)15)20(5-2)7-10(21)16-3/h6H,4-5,7H2,1-3H3,(H,16,21)(H,17,18,19). The topological polar surface area (TPSA) is 70.2 Å². The Labute approximate surface area is 120 Å². The van der Waals surface area contributed by atoms with Gasteiger partial charge in [0.1, 0.15) is 11.6 Å². The molecule has 1 rings (SSSR count). The van der Waals surface area contributed by atoms with Crippen molar-refractivity contribution in [2.45, 2.75) is 20.0 Å². The molecule has 0 saturated carbocycles. The second-order valence-corrected chi connectivity index (χ2v) is 4.15. The quantitative estimate of drug-likeness (QED) is 0.833. The first-order chi connectivity index (χ1) is 9.81. The van der Waals surface area contributed by atoms with E-state index in [-0.39, 0.29) is 24.1 Å². The Kier molecular flexibility index (Phi) is 5.74. The summed E-state index contributed by atoms with van der Waals surface area (Å²) in [5, 5.41) is 5.15. The second-order valence-electron chi connectivity index (χ2n) is 4.15. The van der Waals surface area contributed by atoms with Crippen LogP contribution in [0.3, 0.4) is 0 Å². The molecular formula is C12H18F3N5O. The van der Waals surface area contributed by atoms with Crippen LogP contribution in [0, 0.1) is 0 Å². The summed E-state index contributed by atoms with van der Waals surface area (Å²) in [7, 11) is 1.46. The van der Waals surface area contributed by atoms with Crippen LogP contribution < -0.4 is 15.5 Å². The van der Waals surface area contributed by atoms with Gasteiger partial charge in [-0.3, -0.25) is 4.79 Å². The van der Waals surface area contributed by atoms with Crippen molar-refractivity contribution < 1.29 is 18.0 Å². The third kappa shape index (κ3) is 4.76. The number of alkyl halides is 3. The zero-order chi connectivity index (χ0) is 16.0. The average Bonchev–Trinajstić information content (AvgIpc) is 2.43. The summed E-state index contributed by atoms with van der Waals surface area (Å²) >= 11 is 0. The second kappa shape index (κ2) is 7.09. The highest BCUT2D eigenvalue weighted by Gasteiger charge is 2.36. The molecule has 0 spiro atoms. The molecule has 9 heteroatoms. The monoisotopic (exact) mass is 305 g/mol. The Bertz CT molecular complexity index is 492. The molecule has 0 fully saturated rings. The molecule has 21 heavy (non-hydrogen) atoms. The van der Waals surface area contributed by atoms with Gasteiger partial charge in [0.25, 0.3) is 0 Å². The molecule has 2 N–H and O–H groups in total. The summed E-state index contributed by atoms with van der Waals surface area (Å²) in [4.78, 5) is 19.8. The van der Waals surface area contributed by atoms with Crippen molar-refractivity contribution in [2.75, 3.05) is 36.9 Å². The molecule has 0 bridgehead atoms. The Morgan fingerprint density at radius 3 is 2.48 bits per heavy atom. The highest BCUT2D eigenvalue weighted by atomic mass is 19.4. The molecular weight excluding hydrogens is 287 g/mol. The largest absolute Gasteiger partial charge is 0.451 e. The highest BCUT2D eigenvalue weighted by molar-refractivity contribution is 5.80. The number of hydrogen-bond donors (Lipinski definition) is 2. The number of nitrogens with zero attached hydrogens (tertiary/aromatic N) is 3. The smallest absolute Gasteiger partial charge is 0.370 e. The third-order valence-corrected chi connectivity index (χ3v) is 2.64. The lowest BCUT2D eigenvalue weighted by Crippen LogP contribution is -2.36. The van der Waals surface area contributed by atoms with Crippen molar-refractivity contribution in [3.8, 4) is 0 Å². The van der Waals surface area contributed by atoms with E-state index in [0.29, 0.717) is 13.1 Å². The van der Waals surface area contributed by atoms with Gasteiger partial charge >= 0.3 is 6.18 Å². The van der Waals surface area contributed by atoms with E-state index in [4.69, 9.17) is 0 Å². The van der Waals surface area contributed by atoms with E-state index in [1.165, 1.54) is 18.0 Å². The molecule has 0 aliphatic rings.